The van der Waals surface area contributed by atoms with Crippen LogP contribution in [0.5, 0.6) is 5.88 Å². The van der Waals surface area contributed by atoms with Gasteiger partial charge in [-0.2, -0.15) is 0 Å². The van der Waals surface area contributed by atoms with E-state index in [0.29, 0.717) is 4.77 Å². The van der Waals surface area contributed by atoms with Crippen molar-refractivity contribution in [1.29, 1.82) is 0 Å². The third kappa shape index (κ3) is 2.60. The summed E-state index contributed by atoms with van der Waals surface area (Å²) >= 11 is 5.26. The van der Waals surface area contributed by atoms with Gasteiger partial charge in [-0.25, -0.2) is 4.79 Å². The molecule has 2 aromatic rings. The SMILES string of the molecule is CCc1cccc(CC)c1-n1c(OC(=O)O)c[nH]c1=S. The highest BCUT2D eigenvalue weighted by molar-refractivity contribution is 7.71. The number of nitrogens with one attached hydrogen (secondary N) is 1. The van der Waals surface area contributed by atoms with E-state index >= 15 is 0 Å². The van der Waals surface area contributed by atoms with E-state index in [9.17, 15) is 4.79 Å². The fourth-order valence-corrected chi connectivity index (χ4v) is 2.47. The van der Waals surface area contributed by atoms with Gasteiger partial charge in [-0.05, 0) is 36.2 Å². The van der Waals surface area contributed by atoms with E-state index in [1.807, 2.05) is 32.0 Å². The Labute approximate surface area is 121 Å². The number of carbonyl (C=O) groups is 1. The molecule has 2 rings (SSSR count). The molecule has 0 aliphatic rings. The maximum atomic E-state index is 10.8. The number of H-pyrrole nitrogens is 1. The van der Waals surface area contributed by atoms with Gasteiger partial charge in [0.1, 0.15) is 0 Å². The Bertz CT molecular complexity index is 666. The summed E-state index contributed by atoms with van der Waals surface area (Å²) in [7, 11) is 0. The molecule has 0 aliphatic carbocycles. The number of aromatic amines is 1. The van der Waals surface area contributed by atoms with Gasteiger partial charge < -0.3 is 14.8 Å². The molecule has 106 valence electrons. The Morgan fingerprint density at radius 1 is 1.35 bits per heavy atom. The lowest BCUT2D eigenvalue weighted by atomic mass is 10.0. The van der Waals surface area contributed by atoms with Gasteiger partial charge >= 0.3 is 6.16 Å². The van der Waals surface area contributed by atoms with Crippen LogP contribution < -0.4 is 4.74 Å². The molecule has 0 saturated heterocycles. The van der Waals surface area contributed by atoms with Crippen LogP contribution in [0.1, 0.15) is 25.0 Å². The molecule has 0 spiro atoms. The third-order valence-corrected chi connectivity index (χ3v) is 3.42. The first-order valence-electron chi connectivity index (χ1n) is 6.40. The zero-order valence-corrected chi connectivity index (χ0v) is 12.2. The molecule has 0 radical (unpaired) electrons. The van der Waals surface area contributed by atoms with E-state index in [2.05, 4.69) is 4.98 Å². The number of ether oxygens (including phenoxy) is 1. The van der Waals surface area contributed by atoms with E-state index < -0.39 is 6.16 Å². The number of imidazole rings is 1. The predicted octanol–water partition coefficient (Wildman–Crippen LogP) is 3.72. The lowest BCUT2D eigenvalue weighted by Crippen LogP contribution is -2.10. The fourth-order valence-electron chi connectivity index (χ4n) is 2.23. The molecule has 20 heavy (non-hydrogen) atoms. The monoisotopic (exact) mass is 292 g/mol. The number of nitrogens with zero attached hydrogens (tertiary/aromatic N) is 1. The first-order valence-corrected chi connectivity index (χ1v) is 6.81. The molecule has 0 unspecified atom stereocenters. The van der Waals surface area contributed by atoms with E-state index in [-0.39, 0.29) is 5.88 Å². The minimum atomic E-state index is -1.36. The molecule has 0 aliphatic heterocycles. The van der Waals surface area contributed by atoms with Crippen LogP contribution in [0, 0.1) is 4.77 Å². The lowest BCUT2D eigenvalue weighted by Gasteiger charge is -2.15. The smallest absolute Gasteiger partial charge is 0.449 e. The number of hydrogen-bond donors (Lipinski definition) is 2. The van der Waals surface area contributed by atoms with Gasteiger partial charge in [-0.15, -0.1) is 0 Å². The number of benzene rings is 1. The number of carboxylic acid groups (broad SMARTS) is 1. The highest BCUT2D eigenvalue weighted by atomic mass is 32.1. The summed E-state index contributed by atoms with van der Waals surface area (Å²) < 4.78 is 6.86. The van der Waals surface area contributed by atoms with Crippen molar-refractivity contribution in [3.8, 4) is 11.6 Å². The van der Waals surface area contributed by atoms with Crippen molar-refractivity contribution in [2.45, 2.75) is 26.7 Å². The van der Waals surface area contributed by atoms with Gasteiger partial charge in [0.2, 0.25) is 5.88 Å². The summed E-state index contributed by atoms with van der Waals surface area (Å²) in [6.07, 6.45) is 1.74. The second-order valence-electron chi connectivity index (χ2n) is 4.27. The molecule has 1 aromatic carbocycles. The minimum absolute atomic E-state index is 0.179. The molecule has 5 nitrogen and oxygen atoms in total. The van der Waals surface area contributed by atoms with Crippen LogP contribution in [0.4, 0.5) is 4.79 Å². The molecule has 0 fully saturated rings. The van der Waals surface area contributed by atoms with Crippen LogP contribution in [-0.4, -0.2) is 20.8 Å². The second-order valence-corrected chi connectivity index (χ2v) is 4.65. The zero-order valence-electron chi connectivity index (χ0n) is 11.3. The first-order chi connectivity index (χ1) is 9.58. The molecule has 2 N–H and O–H groups in total. The van der Waals surface area contributed by atoms with Crippen LogP contribution in [0.2, 0.25) is 0 Å². The Balaban J connectivity index is 2.70. The van der Waals surface area contributed by atoms with Gasteiger partial charge in [0.25, 0.3) is 0 Å². The normalized spacial score (nSPS) is 10.5. The van der Waals surface area contributed by atoms with Crippen LogP contribution >= 0.6 is 12.2 Å². The molecule has 1 heterocycles. The molecule has 1 aromatic heterocycles. The fraction of sp³-hybridized carbons (Fsp3) is 0.286. The summed E-state index contributed by atoms with van der Waals surface area (Å²) in [6, 6.07) is 6.01. The molecule has 0 amide bonds. The number of aryl methyl sites for hydroxylation is 2. The number of aromatic nitrogens is 2. The number of hydrogen-bond acceptors (Lipinski definition) is 3. The highest BCUT2D eigenvalue weighted by Crippen LogP contribution is 2.27. The molecule has 0 bridgehead atoms. The van der Waals surface area contributed by atoms with Crippen molar-refractivity contribution in [3.05, 3.63) is 40.3 Å². The average Bonchev–Trinajstić information content (AvgIpc) is 2.77. The van der Waals surface area contributed by atoms with Crippen LogP contribution in [-0.2, 0) is 12.8 Å². The van der Waals surface area contributed by atoms with Crippen LogP contribution in [0.25, 0.3) is 5.69 Å². The molecular weight excluding hydrogens is 276 g/mol. The standard InChI is InChI=1S/C14H16N2O3S/c1-3-9-6-5-7-10(4-2)12(9)16-11(19-14(17)18)8-15-13(16)20/h5-8H,3-4H2,1-2H3,(H,15,20)(H,17,18). The van der Waals surface area contributed by atoms with Gasteiger partial charge in [-0.1, -0.05) is 32.0 Å². The lowest BCUT2D eigenvalue weighted by molar-refractivity contribution is 0.141. The van der Waals surface area contributed by atoms with Gasteiger partial charge in [0.15, 0.2) is 4.77 Å². The van der Waals surface area contributed by atoms with E-state index in [1.165, 1.54) is 6.20 Å². The van der Waals surface area contributed by atoms with Crippen LogP contribution in [0.15, 0.2) is 24.4 Å². The van der Waals surface area contributed by atoms with Crippen molar-refractivity contribution in [1.82, 2.24) is 9.55 Å². The largest absolute Gasteiger partial charge is 0.512 e. The Morgan fingerprint density at radius 2 is 1.95 bits per heavy atom. The summed E-state index contributed by atoms with van der Waals surface area (Å²) in [4.78, 5) is 13.6. The molecule has 0 atom stereocenters. The molecule has 6 heteroatoms. The zero-order chi connectivity index (χ0) is 14.7. The van der Waals surface area contributed by atoms with Gasteiger partial charge in [-0.3, -0.25) is 4.57 Å². The average molecular weight is 292 g/mol. The molecular formula is C14H16N2O3S. The van der Waals surface area contributed by atoms with Crippen molar-refractivity contribution < 1.29 is 14.6 Å². The maximum Gasteiger partial charge on any atom is 0.512 e. The van der Waals surface area contributed by atoms with Crippen molar-refractivity contribution in [3.63, 3.8) is 0 Å². The second kappa shape index (κ2) is 5.92. The van der Waals surface area contributed by atoms with E-state index in [1.54, 1.807) is 4.57 Å². The topological polar surface area (TPSA) is 67.2 Å². The van der Waals surface area contributed by atoms with Crippen molar-refractivity contribution in [2.75, 3.05) is 0 Å². The van der Waals surface area contributed by atoms with Crippen LogP contribution in [0.3, 0.4) is 0 Å². The molecule has 0 saturated carbocycles. The maximum absolute atomic E-state index is 10.8. The highest BCUT2D eigenvalue weighted by Gasteiger charge is 2.16. The Morgan fingerprint density at radius 3 is 2.45 bits per heavy atom. The Kier molecular flexibility index (Phi) is 4.24. The number of para-hydroxylation sites is 1. The Hall–Kier alpha value is -2.08. The summed E-state index contributed by atoms with van der Waals surface area (Å²) in [6.45, 7) is 4.10. The predicted molar refractivity (Wildman–Crippen MR) is 78.4 cm³/mol. The number of rotatable bonds is 4. The van der Waals surface area contributed by atoms with Crippen molar-refractivity contribution in [2.24, 2.45) is 0 Å². The van der Waals surface area contributed by atoms with Gasteiger partial charge in [0, 0.05) is 0 Å². The summed E-state index contributed by atoms with van der Waals surface area (Å²) in [5.74, 6) is 0.179. The minimum Gasteiger partial charge on any atom is -0.449 e. The van der Waals surface area contributed by atoms with E-state index in [4.69, 9.17) is 22.1 Å². The van der Waals surface area contributed by atoms with Gasteiger partial charge in [0.05, 0.1) is 11.9 Å². The summed E-state index contributed by atoms with van der Waals surface area (Å²) in [5.41, 5.74) is 3.09. The quantitative estimate of drug-likeness (QED) is 0.666. The first kappa shape index (κ1) is 14.3. The third-order valence-electron chi connectivity index (χ3n) is 3.12. The van der Waals surface area contributed by atoms with E-state index in [0.717, 1.165) is 29.7 Å². The van der Waals surface area contributed by atoms with Crippen molar-refractivity contribution >= 4 is 18.4 Å². The summed E-state index contributed by atoms with van der Waals surface area (Å²) in [5, 5.41) is 8.82.